The molecule has 1 aromatic heterocycles. The van der Waals surface area contributed by atoms with E-state index in [1.54, 1.807) is 23.3 Å². The van der Waals surface area contributed by atoms with Crippen LogP contribution < -0.4 is 4.72 Å². The van der Waals surface area contributed by atoms with Gasteiger partial charge in [-0.1, -0.05) is 6.08 Å². The third-order valence-electron chi connectivity index (χ3n) is 1.19. The highest BCUT2D eigenvalue weighted by Gasteiger charge is 1.98. The van der Waals surface area contributed by atoms with E-state index in [4.69, 9.17) is 0 Å². The van der Waals surface area contributed by atoms with Crippen molar-refractivity contribution < 1.29 is 0 Å². The van der Waals surface area contributed by atoms with Gasteiger partial charge in [0.2, 0.25) is 0 Å². The molecule has 0 aliphatic rings. The molecule has 0 spiro atoms. The second-order valence-electron chi connectivity index (χ2n) is 1.96. The van der Waals surface area contributed by atoms with Gasteiger partial charge >= 0.3 is 0 Å². The van der Waals surface area contributed by atoms with Gasteiger partial charge in [0.1, 0.15) is 0 Å². The van der Waals surface area contributed by atoms with Crippen molar-refractivity contribution in [2.75, 3.05) is 7.05 Å². The molecular weight excluding hydrogens is 174 g/mol. The van der Waals surface area contributed by atoms with Crippen molar-refractivity contribution in [3.8, 4) is 0 Å². The SMILES string of the molecule is C/C=C/c1sccc1SNC. The summed E-state index contributed by atoms with van der Waals surface area (Å²) < 4.78 is 3.06. The Bertz CT molecular complexity index is 240. The quantitative estimate of drug-likeness (QED) is 0.726. The summed E-state index contributed by atoms with van der Waals surface area (Å²) in [4.78, 5) is 2.63. The lowest BCUT2D eigenvalue weighted by Gasteiger charge is -1.95. The summed E-state index contributed by atoms with van der Waals surface area (Å²) in [5, 5.41) is 2.11. The van der Waals surface area contributed by atoms with Crippen LogP contribution in [-0.4, -0.2) is 7.05 Å². The Morgan fingerprint density at radius 3 is 3.09 bits per heavy atom. The Kier molecular flexibility index (Phi) is 3.69. The van der Waals surface area contributed by atoms with Gasteiger partial charge in [0.15, 0.2) is 0 Å². The van der Waals surface area contributed by atoms with Crippen molar-refractivity contribution in [2.24, 2.45) is 0 Å². The van der Waals surface area contributed by atoms with Crippen molar-refractivity contribution in [1.29, 1.82) is 0 Å². The van der Waals surface area contributed by atoms with Crippen molar-refractivity contribution >= 4 is 29.4 Å². The van der Waals surface area contributed by atoms with E-state index in [0.29, 0.717) is 0 Å². The number of hydrogen-bond donors (Lipinski definition) is 1. The molecule has 0 bridgehead atoms. The summed E-state index contributed by atoms with van der Waals surface area (Å²) in [6.07, 6.45) is 4.19. The maximum atomic E-state index is 3.06. The molecule has 1 rings (SSSR count). The van der Waals surface area contributed by atoms with E-state index in [2.05, 4.69) is 28.3 Å². The number of nitrogens with one attached hydrogen (secondary N) is 1. The molecule has 0 saturated heterocycles. The second-order valence-corrected chi connectivity index (χ2v) is 3.96. The Hall–Kier alpha value is -0.250. The van der Waals surface area contributed by atoms with Crippen LogP contribution in [0.25, 0.3) is 6.08 Å². The maximum Gasteiger partial charge on any atom is 0.0416 e. The summed E-state index contributed by atoms with van der Waals surface area (Å²) in [7, 11) is 1.93. The van der Waals surface area contributed by atoms with E-state index in [1.165, 1.54) is 9.77 Å². The van der Waals surface area contributed by atoms with Crippen LogP contribution >= 0.6 is 23.3 Å². The first-order valence-corrected chi connectivity index (χ1v) is 5.12. The average Bonchev–Trinajstić information content (AvgIpc) is 2.39. The Morgan fingerprint density at radius 2 is 2.45 bits per heavy atom. The van der Waals surface area contributed by atoms with Crippen LogP contribution in [0, 0.1) is 0 Å². The van der Waals surface area contributed by atoms with Crippen LogP contribution in [-0.2, 0) is 0 Å². The molecule has 0 aliphatic heterocycles. The largest absolute Gasteiger partial charge is 0.263 e. The minimum Gasteiger partial charge on any atom is -0.263 e. The molecule has 0 unspecified atom stereocenters. The zero-order chi connectivity index (χ0) is 8.10. The smallest absolute Gasteiger partial charge is 0.0416 e. The molecule has 3 heteroatoms. The molecule has 0 saturated carbocycles. The van der Waals surface area contributed by atoms with Crippen LogP contribution in [0.3, 0.4) is 0 Å². The minimum absolute atomic E-state index is 1.30. The Labute approximate surface area is 75.7 Å². The van der Waals surface area contributed by atoms with Crippen LogP contribution in [0.1, 0.15) is 11.8 Å². The molecular formula is C8H11NS2. The molecule has 60 valence electrons. The highest BCUT2D eigenvalue weighted by molar-refractivity contribution is 7.97. The number of hydrogen-bond acceptors (Lipinski definition) is 3. The monoisotopic (exact) mass is 185 g/mol. The van der Waals surface area contributed by atoms with Crippen molar-refractivity contribution in [3.63, 3.8) is 0 Å². The maximum absolute atomic E-state index is 3.06. The molecule has 0 radical (unpaired) electrons. The molecule has 0 amide bonds. The van der Waals surface area contributed by atoms with Gasteiger partial charge in [-0.25, -0.2) is 0 Å². The van der Waals surface area contributed by atoms with Gasteiger partial charge < -0.3 is 0 Å². The summed E-state index contributed by atoms with van der Waals surface area (Å²) in [6, 6.07) is 2.13. The Balaban J connectivity index is 2.78. The lowest BCUT2D eigenvalue weighted by Crippen LogP contribution is -1.89. The lowest BCUT2D eigenvalue weighted by atomic mass is 10.4. The molecule has 0 aromatic carbocycles. The van der Waals surface area contributed by atoms with E-state index in [1.807, 2.05) is 14.0 Å². The minimum atomic E-state index is 1.30. The zero-order valence-corrected chi connectivity index (χ0v) is 8.26. The molecule has 1 nitrogen and oxygen atoms in total. The predicted molar refractivity (Wildman–Crippen MR) is 53.9 cm³/mol. The topological polar surface area (TPSA) is 12.0 Å². The fourth-order valence-corrected chi connectivity index (χ4v) is 2.41. The van der Waals surface area contributed by atoms with E-state index in [0.717, 1.165) is 0 Å². The average molecular weight is 185 g/mol. The van der Waals surface area contributed by atoms with Gasteiger partial charge in [-0.3, -0.25) is 4.72 Å². The standard InChI is InChI=1S/C8H11NS2/c1-3-4-7-8(11-9-2)5-6-10-7/h3-6,9H,1-2H3/b4-3+. The van der Waals surface area contributed by atoms with E-state index < -0.39 is 0 Å². The fraction of sp³-hybridized carbons (Fsp3) is 0.250. The van der Waals surface area contributed by atoms with Gasteiger partial charge in [0.05, 0.1) is 0 Å². The first-order chi connectivity index (χ1) is 5.38. The summed E-state index contributed by atoms with van der Waals surface area (Å²) >= 11 is 3.42. The third kappa shape index (κ3) is 2.36. The first kappa shape index (κ1) is 8.84. The molecule has 1 aromatic rings. The van der Waals surface area contributed by atoms with Crippen LogP contribution in [0.5, 0.6) is 0 Å². The van der Waals surface area contributed by atoms with Crippen molar-refractivity contribution in [1.82, 2.24) is 4.72 Å². The molecule has 0 aliphatic carbocycles. The molecule has 0 atom stereocenters. The molecule has 0 fully saturated rings. The van der Waals surface area contributed by atoms with Crippen molar-refractivity contribution in [3.05, 3.63) is 22.4 Å². The Morgan fingerprint density at radius 1 is 1.64 bits per heavy atom. The third-order valence-corrected chi connectivity index (χ3v) is 2.98. The molecule has 1 heterocycles. The van der Waals surface area contributed by atoms with Gasteiger partial charge in [0.25, 0.3) is 0 Å². The number of rotatable bonds is 3. The van der Waals surface area contributed by atoms with E-state index in [9.17, 15) is 0 Å². The van der Waals surface area contributed by atoms with E-state index >= 15 is 0 Å². The first-order valence-electron chi connectivity index (χ1n) is 3.42. The predicted octanol–water partition coefficient (Wildman–Crippen LogP) is 3.01. The summed E-state index contributed by atoms with van der Waals surface area (Å²) in [5.41, 5.74) is 0. The van der Waals surface area contributed by atoms with Crippen molar-refractivity contribution in [2.45, 2.75) is 11.8 Å². The summed E-state index contributed by atoms with van der Waals surface area (Å²) in [5.74, 6) is 0. The van der Waals surface area contributed by atoms with Crippen LogP contribution in [0.4, 0.5) is 0 Å². The van der Waals surface area contributed by atoms with Gasteiger partial charge in [-0.2, -0.15) is 0 Å². The highest BCUT2D eigenvalue weighted by atomic mass is 32.2. The van der Waals surface area contributed by atoms with E-state index in [-0.39, 0.29) is 0 Å². The van der Waals surface area contributed by atoms with Crippen LogP contribution in [0.2, 0.25) is 0 Å². The molecule has 11 heavy (non-hydrogen) atoms. The fourth-order valence-electron chi connectivity index (χ4n) is 0.776. The number of thiophene rings is 1. The highest BCUT2D eigenvalue weighted by Crippen LogP contribution is 2.26. The van der Waals surface area contributed by atoms with Gasteiger partial charge in [0, 0.05) is 9.77 Å². The van der Waals surface area contributed by atoms with Crippen LogP contribution in [0.15, 0.2) is 22.4 Å². The van der Waals surface area contributed by atoms with Gasteiger partial charge in [-0.05, 0) is 43.4 Å². The lowest BCUT2D eigenvalue weighted by molar-refractivity contribution is 1.28. The van der Waals surface area contributed by atoms with Gasteiger partial charge in [-0.15, -0.1) is 11.3 Å². The second kappa shape index (κ2) is 4.59. The number of allylic oxidation sites excluding steroid dienone is 1. The molecule has 1 N–H and O–H groups in total. The zero-order valence-electron chi connectivity index (χ0n) is 6.63. The normalized spacial score (nSPS) is 11.1. The summed E-state index contributed by atoms with van der Waals surface area (Å²) in [6.45, 7) is 2.04.